The van der Waals surface area contributed by atoms with Gasteiger partial charge >= 0.3 is 0 Å². The highest BCUT2D eigenvalue weighted by molar-refractivity contribution is 5.83. The van der Waals surface area contributed by atoms with Crippen LogP contribution in [0.4, 0.5) is 0 Å². The summed E-state index contributed by atoms with van der Waals surface area (Å²) in [5.74, 6) is -0.138. The van der Waals surface area contributed by atoms with Gasteiger partial charge in [0.2, 0.25) is 5.91 Å². The molecule has 0 aliphatic rings. The highest BCUT2D eigenvalue weighted by Crippen LogP contribution is 2.31. The Morgan fingerprint density at radius 2 is 2.11 bits per heavy atom. The molecular weight excluding hydrogens is 240 g/mol. The van der Waals surface area contributed by atoms with Gasteiger partial charge in [-0.2, -0.15) is 0 Å². The third kappa shape index (κ3) is 2.79. The maximum Gasteiger partial charge on any atom is 0.236 e. The number of carbonyl (C=O) groups excluding carboxylic acids is 1. The first-order valence-electron chi connectivity index (χ1n) is 6.42. The molecule has 1 atom stereocenters. The van der Waals surface area contributed by atoms with Crippen LogP contribution >= 0.6 is 0 Å². The Balaban J connectivity index is 2.21. The molecule has 0 saturated carbocycles. The molecule has 102 valence electrons. The van der Waals surface area contributed by atoms with Gasteiger partial charge in [0.15, 0.2) is 0 Å². The van der Waals surface area contributed by atoms with Crippen molar-refractivity contribution in [1.29, 1.82) is 0 Å². The summed E-state index contributed by atoms with van der Waals surface area (Å²) in [6, 6.07) is 7.41. The molecule has 1 amide bonds. The number of hydrogen-bond donors (Lipinski definition) is 2. The van der Waals surface area contributed by atoms with Crippen molar-refractivity contribution < 1.29 is 9.21 Å². The van der Waals surface area contributed by atoms with Crippen LogP contribution in [0.3, 0.4) is 0 Å². The third-order valence-corrected chi connectivity index (χ3v) is 3.33. The van der Waals surface area contributed by atoms with Gasteiger partial charge in [-0.3, -0.25) is 4.79 Å². The Bertz CT molecular complexity index is 585. The van der Waals surface area contributed by atoms with E-state index in [4.69, 9.17) is 10.2 Å². The Morgan fingerprint density at radius 3 is 2.79 bits per heavy atom. The standard InChI is InChI=1S/C15H20N2O2/c1-10(16)14(18)17-9-15(2,3)12-8-19-13-7-5-4-6-11(12)13/h4-8,10H,9,16H2,1-3H3,(H,17,18). The number of fused-ring (bicyclic) bond motifs is 1. The molecule has 0 aliphatic carbocycles. The highest BCUT2D eigenvalue weighted by Gasteiger charge is 2.26. The molecular formula is C15H20N2O2. The number of nitrogens with one attached hydrogen (secondary N) is 1. The van der Waals surface area contributed by atoms with Crippen molar-refractivity contribution in [3.8, 4) is 0 Å². The maximum atomic E-state index is 11.6. The maximum absolute atomic E-state index is 11.6. The second kappa shape index (κ2) is 5.05. The van der Waals surface area contributed by atoms with E-state index in [1.165, 1.54) is 0 Å². The summed E-state index contributed by atoms with van der Waals surface area (Å²) in [7, 11) is 0. The molecule has 1 heterocycles. The third-order valence-electron chi connectivity index (χ3n) is 3.33. The van der Waals surface area contributed by atoms with E-state index in [1.54, 1.807) is 13.2 Å². The van der Waals surface area contributed by atoms with Crippen LogP contribution in [0, 0.1) is 0 Å². The lowest BCUT2D eigenvalue weighted by Crippen LogP contribution is -2.43. The smallest absolute Gasteiger partial charge is 0.236 e. The number of rotatable bonds is 4. The summed E-state index contributed by atoms with van der Waals surface area (Å²) < 4.78 is 5.55. The summed E-state index contributed by atoms with van der Waals surface area (Å²) in [5, 5.41) is 3.96. The average molecular weight is 260 g/mol. The fraction of sp³-hybridized carbons (Fsp3) is 0.400. The molecule has 19 heavy (non-hydrogen) atoms. The van der Waals surface area contributed by atoms with Crippen LogP contribution < -0.4 is 11.1 Å². The van der Waals surface area contributed by atoms with Gasteiger partial charge in [-0.25, -0.2) is 0 Å². The normalized spacial score (nSPS) is 13.5. The molecule has 0 radical (unpaired) electrons. The average Bonchev–Trinajstić information content (AvgIpc) is 2.80. The molecule has 3 N–H and O–H groups in total. The first-order chi connectivity index (χ1) is 8.92. The number of amides is 1. The van der Waals surface area contributed by atoms with Crippen LogP contribution in [0.25, 0.3) is 11.0 Å². The molecule has 4 heteroatoms. The number of furan rings is 1. The summed E-state index contributed by atoms with van der Waals surface area (Å²) in [5.41, 5.74) is 7.29. The van der Waals surface area contributed by atoms with Gasteiger partial charge in [0.1, 0.15) is 5.58 Å². The van der Waals surface area contributed by atoms with Crippen molar-refractivity contribution in [1.82, 2.24) is 5.32 Å². The first-order valence-corrected chi connectivity index (χ1v) is 6.42. The van der Waals surface area contributed by atoms with Crippen LogP contribution in [0.2, 0.25) is 0 Å². The highest BCUT2D eigenvalue weighted by atomic mass is 16.3. The van der Waals surface area contributed by atoms with E-state index in [-0.39, 0.29) is 11.3 Å². The van der Waals surface area contributed by atoms with Crippen LogP contribution in [0.1, 0.15) is 26.3 Å². The van der Waals surface area contributed by atoms with E-state index >= 15 is 0 Å². The molecule has 1 unspecified atom stereocenters. The summed E-state index contributed by atoms with van der Waals surface area (Å²) in [6.07, 6.45) is 1.77. The zero-order valence-corrected chi connectivity index (χ0v) is 11.6. The Hall–Kier alpha value is -1.81. The monoisotopic (exact) mass is 260 g/mol. The van der Waals surface area contributed by atoms with Crippen molar-refractivity contribution in [2.45, 2.75) is 32.2 Å². The van der Waals surface area contributed by atoms with Crippen molar-refractivity contribution in [2.75, 3.05) is 6.54 Å². The lowest BCUT2D eigenvalue weighted by Gasteiger charge is -2.24. The van der Waals surface area contributed by atoms with E-state index < -0.39 is 6.04 Å². The predicted octanol–water partition coefficient (Wildman–Crippen LogP) is 2.17. The fourth-order valence-corrected chi connectivity index (χ4v) is 2.07. The number of para-hydroxylation sites is 1. The Morgan fingerprint density at radius 1 is 1.42 bits per heavy atom. The van der Waals surface area contributed by atoms with Gasteiger partial charge in [-0.05, 0) is 13.0 Å². The molecule has 1 aromatic heterocycles. The van der Waals surface area contributed by atoms with Gasteiger partial charge < -0.3 is 15.5 Å². The molecule has 1 aromatic carbocycles. The van der Waals surface area contributed by atoms with Gasteiger partial charge in [0.25, 0.3) is 0 Å². The molecule has 0 aliphatic heterocycles. The Kier molecular flexibility index (Phi) is 3.62. The van der Waals surface area contributed by atoms with Crippen LogP contribution in [-0.4, -0.2) is 18.5 Å². The molecule has 0 spiro atoms. The minimum absolute atomic E-state index is 0.138. The number of benzene rings is 1. The van der Waals surface area contributed by atoms with E-state index in [1.807, 2.05) is 24.3 Å². The van der Waals surface area contributed by atoms with Gasteiger partial charge in [-0.15, -0.1) is 0 Å². The van der Waals surface area contributed by atoms with E-state index in [0.717, 1.165) is 16.5 Å². The molecule has 4 nitrogen and oxygen atoms in total. The van der Waals surface area contributed by atoms with E-state index in [0.29, 0.717) is 6.54 Å². The van der Waals surface area contributed by atoms with E-state index in [2.05, 4.69) is 19.2 Å². The van der Waals surface area contributed by atoms with Crippen LogP contribution in [0.5, 0.6) is 0 Å². The SMILES string of the molecule is CC(N)C(=O)NCC(C)(C)c1coc2ccccc12. The molecule has 2 aromatic rings. The molecule has 2 rings (SSSR count). The first kappa shape index (κ1) is 13.6. The zero-order valence-electron chi connectivity index (χ0n) is 11.6. The number of nitrogens with two attached hydrogens (primary N) is 1. The van der Waals surface area contributed by atoms with Crippen molar-refractivity contribution >= 4 is 16.9 Å². The predicted molar refractivity (Wildman–Crippen MR) is 75.9 cm³/mol. The van der Waals surface area contributed by atoms with Gasteiger partial charge in [-0.1, -0.05) is 32.0 Å². The zero-order chi connectivity index (χ0) is 14.0. The summed E-state index contributed by atoms with van der Waals surface area (Å²) in [4.78, 5) is 11.6. The minimum Gasteiger partial charge on any atom is -0.464 e. The van der Waals surface area contributed by atoms with Gasteiger partial charge in [0, 0.05) is 22.9 Å². The largest absolute Gasteiger partial charge is 0.464 e. The number of carbonyl (C=O) groups is 1. The lowest BCUT2D eigenvalue weighted by molar-refractivity contribution is -0.122. The second-order valence-corrected chi connectivity index (χ2v) is 5.54. The topological polar surface area (TPSA) is 68.3 Å². The second-order valence-electron chi connectivity index (χ2n) is 5.54. The van der Waals surface area contributed by atoms with Crippen molar-refractivity contribution in [3.05, 3.63) is 36.1 Å². The minimum atomic E-state index is -0.489. The van der Waals surface area contributed by atoms with Crippen LogP contribution in [0.15, 0.2) is 34.9 Å². The lowest BCUT2D eigenvalue weighted by atomic mass is 9.84. The van der Waals surface area contributed by atoms with Crippen molar-refractivity contribution in [3.63, 3.8) is 0 Å². The van der Waals surface area contributed by atoms with E-state index in [9.17, 15) is 4.79 Å². The quantitative estimate of drug-likeness (QED) is 0.885. The molecule has 0 bridgehead atoms. The van der Waals surface area contributed by atoms with Crippen molar-refractivity contribution in [2.24, 2.45) is 5.73 Å². The number of hydrogen-bond acceptors (Lipinski definition) is 3. The Labute approximate surface area is 113 Å². The molecule has 0 saturated heterocycles. The summed E-state index contributed by atoms with van der Waals surface area (Å²) in [6.45, 7) is 6.35. The summed E-state index contributed by atoms with van der Waals surface area (Å²) >= 11 is 0. The van der Waals surface area contributed by atoms with Crippen LogP contribution in [-0.2, 0) is 10.2 Å². The van der Waals surface area contributed by atoms with Gasteiger partial charge in [0.05, 0.1) is 12.3 Å². The fourth-order valence-electron chi connectivity index (χ4n) is 2.07. The molecule has 0 fully saturated rings.